The third kappa shape index (κ3) is 6.27. The van der Waals surface area contributed by atoms with E-state index in [1.165, 1.54) is 12.1 Å². The largest absolute Gasteiger partial charge is 0.387 e. The summed E-state index contributed by atoms with van der Waals surface area (Å²) in [6.07, 6.45) is 1.26. The molecular formula is C17H23BrFIN4O. The molecule has 0 fully saturated rings. The van der Waals surface area contributed by atoms with Gasteiger partial charge in [-0.15, -0.1) is 24.0 Å². The van der Waals surface area contributed by atoms with E-state index in [1.807, 2.05) is 29.8 Å². The normalized spacial score (nSPS) is 12.5. The van der Waals surface area contributed by atoms with Gasteiger partial charge in [0.05, 0.1) is 12.6 Å². The molecule has 0 spiro atoms. The zero-order chi connectivity index (χ0) is 17.7. The number of hydrogen-bond acceptors (Lipinski definition) is 2. The standard InChI is InChI=1S/C17H22BrFN4O.HI/c1-20-17(23(3)11-15-8-13(18)10-22(15)2)21-9-16(24)12-4-6-14(19)7-5-12;/h4-8,10,16,24H,9,11H2,1-3H3,(H,20,21);1H. The number of halogens is 3. The lowest BCUT2D eigenvalue weighted by Gasteiger charge is -2.23. The fourth-order valence-corrected chi connectivity index (χ4v) is 2.99. The molecule has 0 bridgehead atoms. The van der Waals surface area contributed by atoms with Crippen molar-refractivity contribution in [1.29, 1.82) is 0 Å². The van der Waals surface area contributed by atoms with Crippen LogP contribution in [0.5, 0.6) is 0 Å². The molecule has 2 aromatic rings. The molecule has 2 rings (SSSR count). The van der Waals surface area contributed by atoms with E-state index in [4.69, 9.17) is 0 Å². The van der Waals surface area contributed by atoms with Crippen molar-refractivity contribution in [3.05, 3.63) is 58.1 Å². The van der Waals surface area contributed by atoms with Crippen LogP contribution in [0, 0.1) is 5.82 Å². The van der Waals surface area contributed by atoms with Crippen molar-refractivity contribution in [2.24, 2.45) is 12.0 Å². The third-order valence-corrected chi connectivity index (χ3v) is 4.19. The highest BCUT2D eigenvalue weighted by atomic mass is 127. The van der Waals surface area contributed by atoms with Crippen LogP contribution in [-0.4, -0.2) is 41.2 Å². The molecule has 0 saturated heterocycles. The number of aryl methyl sites for hydroxylation is 1. The summed E-state index contributed by atoms with van der Waals surface area (Å²) in [5.74, 6) is 0.358. The maximum Gasteiger partial charge on any atom is 0.193 e. The van der Waals surface area contributed by atoms with E-state index < -0.39 is 6.10 Å². The second-order valence-corrected chi connectivity index (χ2v) is 6.53. The molecule has 5 nitrogen and oxygen atoms in total. The molecule has 25 heavy (non-hydrogen) atoms. The molecule has 0 aliphatic heterocycles. The van der Waals surface area contributed by atoms with Gasteiger partial charge in [-0.25, -0.2) is 4.39 Å². The van der Waals surface area contributed by atoms with Crippen LogP contribution in [0.3, 0.4) is 0 Å². The first-order valence-electron chi connectivity index (χ1n) is 7.56. The first kappa shape index (κ1) is 21.9. The van der Waals surface area contributed by atoms with Crippen LogP contribution in [0.25, 0.3) is 0 Å². The summed E-state index contributed by atoms with van der Waals surface area (Å²) in [6.45, 7) is 0.966. The highest BCUT2D eigenvalue weighted by Crippen LogP contribution is 2.15. The van der Waals surface area contributed by atoms with E-state index in [-0.39, 0.29) is 29.8 Å². The lowest BCUT2D eigenvalue weighted by atomic mass is 10.1. The summed E-state index contributed by atoms with van der Waals surface area (Å²) >= 11 is 3.46. The summed E-state index contributed by atoms with van der Waals surface area (Å²) in [5, 5.41) is 13.3. The van der Waals surface area contributed by atoms with E-state index in [1.54, 1.807) is 19.2 Å². The molecule has 1 heterocycles. The molecule has 1 aromatic carbocycles. The van der Waals surface area contributed by atoms with Crippen molar-refractivity contribution < 1.29 is 9.50 Å². The van der Waals surface area contributed by atoms with Crippen LogP contribution in [0.15, 0.2) is 46.0 Å². The number of aliphatic imine (C=N–C) groups is 1. The van der Waals surface area contributed by atoms with Crippen molar-refractivity contribution >= 4 is 45.9 Å². The predicted molar refractivity (Wildman–Crippen MR) is 113 cm³/mol. The maximum absolute atomic E-state index is 12.9. The Hall–Kier alpha value is -1.13. The molecule has 0 saturated carbocycles. The molecule has 1 aromatic heterocycles. The van der Waals surface area contributed by atoms with E-state index in [9.17, 15) is 9.50 Å². The second kappa shape index (κ2) is 10.1. The number of guanidine groups is 1. The Kier molecular flexibility index (Phi) is 8.87. The van der Waals surface area contributed by atoms with Gasteiger partial charge in [-0.3, -0.25) is 4.99 Å². The van der Waals surface area contributed by atoms with Crippen molar-refractivity contribution in [2.75, 3.05) is 20.6 Å². The summed E-state index contributed by atoms with van der Waals surface area (Å²) in [6, 6.07) is 7.89. The van der Waals surface area contributed by atoms with Crippen molar-refractivity contribution in [1.82, 2.24) is 14.8 Å². The Morgan fingerprint density at radius 3 is 2.56 bits per heavy atom. The highest BCUT2D eigenvalue weighted by molar-refractivity contribution is 14.0. The smallest absolute Gasteiger partial charge is 0.193 e. The third-order valence-electron chi connectivity index (χ3n) is 3.76. The van der Waals surface area contributed by atoms with Gasteiger partial charge in [0.1, 0.15) is 5.82 Å². The van der Waals surface area contributed by atoms with Gasteiger partial charge in [-0.2, -0.15) is 0 Å². The monoisotopic (exact) mass is 524 g/mol. The average Bonchev–Trinajstić information content (AvgIpc) is 2.85. The Morgan fingerprint density at radius 2 is 2.04 bits per heavy atom. The minimum absolute atomic E-state index is 0. The van der Waals surface area contributed by atoms with E-state index in [0.29, 0.717) is 24.6 Å². The Balaban J connectivity index is 0.00000312. The van der Waals surface area contributed by atoms with Gasteiger partial charge < -0.3 is 19.9 Å². The number of nitrogens with one attached hydrogen (secondary N) is 1. The number of benzene rings is 1. The van der Waals surface area contributed by atoms with Crippen LogP contribution < -0.4 is 5.32 Å². The van der Waals surface area contributed by atoms with Gasteiger partial charge in [-0.1, -0.05) is 12.1 Å². The Labute approximate surface area is 173 Å². The van der Waals surface area contributed by atoms with Gasteiger partial charge >= 0.3 is 0 Å². The van der Waals surface area contributed by atoms with E-state index >= 15 is 0 Å². The zero-order valence-corrected chi connectivity index (χ0v) is 18.3. The highest BCUT2D eigenvalue weighted by Gasteiger charge is 2.12. The first-order valence-corrected chi connectivity index (χ1v) is 8.36. The molecule has 8 heteroatoms. The molecule has 1 atom stereocenters. The molecular weight excluding hydrogens is 502 g/mol. The van der Waals surface area contributed by atoms with Crippen LogP contribution >= 0.6 is 39.9 Å². The Bertz CT molecular complexity index is 705. The molecule has 0 amide bonds. The van der Waals surface area contributed by atoms with E-state index in [0.717, 1.165) is 10.2 Å². The van der Waals surface area contributed by atoms with Crippen molar-refractivity contribution in [3.8, 4) is 0 Å². The molecule has 0 radical (unpaired) electrons. The number of aliphatic hydroxyl groups is 1. The summed E-state index contributed by atoms with van der Waals surface area (Å²) in [5.41, 5.74) is 1.79. The van der Waals surface area contributed by atoms with Gasteiger partial charge in [0.2, 0.25) is 0 Å². The van der Waals surface area contributed by atoms with Gasteiger partial charge in [0.25, 0.3) is 0 Å². The van der Waals surface area contributed by atoms with Gasteiger partial charge in [0.15, 0.2) is 5.96 Å². The van der Waals surface area contributed by atoms with Crippen LogP contribution in [0.1, 0.15) is 17.4 Å². The summed E-state index contributed by atoms with van der Waals surface area (Å²) < 4.78 is 16.0. The van der Waals surface area contributed by atoms with Crippen molar-refractivity contribution in [2.45, 2.75) is 12.6 Å². The van der Waals surface area contributed by atoms with Crippen molar-refractivity contribution in [3.63, 3.8) is 0 Å². The fraction of sp³-hybridized carbons (Fsp3) is 0.353. The van der Waals surface area contributed by atoms with Crippen LogP contribution in [0.2, 0.25) is 0 Å². The maximum atomic E-state index is 12.9. The first-order chi connectivity index (χ1) is 11.4. The number of nitrogens with zero attached hydrogens (tertiary/aromatic N) is 3. The minimum Gasteiger partial charge on any atom is -0.387 e. The zero-order valence-electron chi connectivity index (χ0n) is 14.4. The van der Waals surface area contributed by atoms with Gasteiger partial charge in [-0.05, 0) is 39.7 Å². The van der Waals surface area contributed by atoms with Crippen LogP contribution in [0.4, 0.5) is 4.39 Å². The summed E-state index contributed by atoms with van der Waals surface area (Å²) in [4.78, 5) is 6.21. The predicted octanol–water partition coefficient (Wildman–Crippen LogP) is 3.29. The van der Waals surface area contributed by atoms with Crippen LogP contribution in [-0.2, 0) is 13.6 Å². The average molecular weight is 525 g/mol. The molecule has 138 valence electrons. The quantitative estimate of drug-likeness (QED) is 0.358. The Morgan fingerprint density at radius 1 is 1.40 bits per heavy atom. The number of aromatic nitrogens is 1. The lowest BCUT2D eigenvalue weighted by Crippen LogP contribution is -2.40. The summed E-state index contributed by atoms with van der Waals surface area (Å²) in [7, 11) is 5.62. The minimum atomic E-state index is -0.736. The molecule has 0 aliphatic carbocycles. The fourth-order valence-electron chi connectivity index (χ4n) is 2.42. The molecule has 1 unspecified atom stereocenters. The van der Waals surface area contributed by atoms with Gasteiger partial charge in [0, 0.05) is 44.1 Å². The number of hydrogen-bond donors (Lipinski definition) is 2. The SMILES string of the molecule is CN=C(NCC(O)c1ccc(F)cc1)N(C)Cc1cc(Br)cn1C.I. The lowest BCUT2D eigenvalue weighted by molar-refractivity contribution is 0.179. The molecule has 2 N–H and O–H groups in total. The number of rotatable bonds is 5. The molecule has 0 aliphatic rings. The topological polar surface area (TPSA) is 52.8 Å². The number of aliphatic hydroxyl groups excluding tert-OH is 1. The second-order valence-electron chi connectivity index (χ2n) is 5.61. The van der Waals surface area contributed by atoms with E-state index in [2.05, 4.69) is 32.3 Å².